The number of rotatable bonds is 6. The molecular formula is C18H14Cl2FN3O2S. The minimum atomic E-state index is -0.329. The van der Waals surface area contributed by atoms with Crippen molar-refractivity contribution in [1.29, 1.82) is 0 Å². The molecular weight excluding hydrogens is 412 g/mol. The highest BCUT2D eigenvalue weighted by Gasteiger charge is 2.12. The first-order valence-corrected chi connectivity index (χ1v) is 9.76. The standard InChI is InChI=1S/C18H14Cl2FN3O2S/c1-10-5-6-11(7-13(10)21)18-23-16(26-24-18)9-27-8-15(25)22-14-4-2-3-12(19)17(14)20/h2-7H,8-9H2,1H3,(H,22,25). The number of aromatic nitrogens is 2. The summed E-state index contributed by atoms with van der Waals surface area (Å²) >= 11 is 13.2. The van der Waals surface area contributed by atoms with Crippen molar-refractivity contribution in [1.82, 2.24) is 10.1 Å². The second kappa shape index (κ2) is 8.73. The smallest absolute Gasteiger partial charge is 0.236 e. The summed E-state index contributed by atoms with van der Waals surface area (Å²) in [5.74, 6) is 0.607. The van der Waals surface area contributed by atoms with Crippen LogP contribution in [0.5, 0.6) is 0 Å². The first-order valence-electron chi connectivity index (χ1n) is 7.85. The molecule has 0 bridgehead atoms. The van der Waals surface area contributed by atoms with Gasteiger partial charge in [0.25, 0.3) is 0 Å². The number of hydrogen-bond acceptors (Lipinski definition) is 5. The van der Waals surface area contributed by atoms with E-state index in [4.69, 9.17) is 27.7 Å². The van der Waals surface area contributed by atoms with Gasteiger partial charge < -0.3 is 9.84 Å². The third-order valence-corrected chi connectivity index (χ3v) is 5.32. The van der Waals surface area contributed by atoms with E-state index in [2.05, 4.69) is 15.5 Å². The molecule has 3 rings (SSSR count). The lowest BCUT2D eigenvalue weighted by Gasteiger charge is -2.07. The van der Waals surface area contributed by atoms with E-state index in [0.717, 1.165) is 0 Å². The number of carbonyl (C=O) groups excluding carboxylic acids is 1. The summed E-state index contributed by atoms with van der Waals surface area (Å²) in [7, 11) is 0. The molecule has 0 fully saturated rings. The zero-order chi connectivity index (χ0) is 19.4. The molecule has 2 aromatic carbocycles. The van der Waals surface area contributed by atoms with Crippen molar-refractivity contribution in [3.05, 3.63) is 63.7 Å². The molecule has 140 valence electrons. The topological polar surface area (TPSA) is 68.0 Å². The van der Waals surface area contributed by atoms with Gasteiger partial charge in [0, 0.05) is 5.56 Å². The summed E-state index contributed by atoms with van der Waals surface area (Å²) in [6.07, 6.45) is 0. The van der Waals surface area contributed by atoms with E-state index in [1.165, 1.54) is 17.8 Å². The summed E-state index contributed by atoms with van der Waals surface area (Å²) in [5, 5.41) is 7.20. The van der Waals surface area contributed by atoms with Gasteiger partial charge in [0.15, 0.2) is 0 Å². The van der Waals surface area contributed by atoms with E-state index in [1.807, 2.05) is 0 Å². The summed E-state index contributed by atoms with van der Waals surface area (Å²) in [5.41, 5.74) is 1.53. The molecule has 0 aliphatic carbocycles. The van der Waals surface area contributed by atoms with Crippen molar-refractivity contribution in [2.45, 2.75) is 12.7 Å². The van der Waals surface area contributed by atoms with Gasteiger partial charge in [-0.2, -0.15) is 4.98 Å². The number of halogens is 3. The quantitative estimate of drug-likeness (QED) is 0.575. The average Bonchev–Trinajstić information content (AvgIpc) is 3.10. The van der Waals surface area contributed by atoms with Crippen molar-refractivity contribution in [3.63, 3.8) is 0 Å². The largest absolute Gasteiger partial charge is 0.338 e. The van der Waals surface area contributed by atoms with Crippen molar-refractivity contribution in [2.24, 2.45) is 0 Å². The van der Waals surface area contributed by atoms with Gasteiger partial charge in [-0.3, -0.25) is 4.79 Å². The van der Waals surface area contributed by atoms with Crippen LogP contribution in [0.3, 0.4) is 0 Å². The minimum Gasteiger partial charge on any atom is -0.338 e. The zero-order valence-electron chi connectivity index (χ0n) is 14.1. The number of aryl methyl sites for hydroxylation is 1. The van der Waals surface area contributed by atoms with Crippen molar-refractivity contribution >= 4 is 46.6 Å². The first-order chi connectivity index (χ1) is 12.9. The Labute approximate surface area is 169 Å². The Balaban J connectivity index is 1.53. The zero-order valence-corrected chi connectivity index (χ0v) is 16.5. The molecule has 3 aromatic rings. The van der Waals surface area contributed by atoms with Crippen molar-refractivity contribution < 1.29 is 13.7 Å². The average molecular weight is 426 g/mol. The van der Waals surface area contributed by atoms with Gasteiger partial charge in [-0.1, -0.05) is 46.6 Å². The maximum absolute atomic E-state index is 13.6. The Bertz CT molecular complexity index is 981. The number of nitrogens with zero attached hydrogens (tertiary/aromatic N) is 2. The second-order valence-corrected chi connectivity index (χ2v) is 7.39. The van der Waals surface area contributed by atoms with Crippen LogP contribution in [0, 0.1) is 12.7 Å². The van der Waals surface area contributed by atoms with E-state index >= 15 is 0 Å². The number of amides is 1. The van der Waals surface area contributed by atoms with Gasteiger partial charge in [0.2, 0.25) is 17.6 Å². The molecule has 0 atom stereocenters. The van der Waals surface area contributed by atoms with Crippen LogP contribution in [0.1, 0.15) is 11.5 Å². The molecule has 5 nitrogen and oxygen atoms in total. The number of carbonyl (C=O) groups is 1. The Morgan fingerprint density at radius 3 is 2.89 bits per heavy atom. The molecule has 0 unspecified atom stereocenters. The van der Waals surface area contributed by atoms with Crippen LogP contribution in [0.25, 0.3) is 11.4 Å². The van der Waals surface area contributed by atoms with Gasteiger partial charge in [0.05, 0.1) is 27.2 Å². The fraction of sp³-hybridized carbons (Fsp3) is 0.167. The highest BCUT2D eigenvalue weighted by molar-refractivity contribution is 7.99. The molecule has 1 heterocycles. The van der Waals surface area contributed by atoms with E-state index in [9.17, 15) is 9.18 Å². The molecule has 1 amide bonds. The van der Waals surface area contributed by atoms with Crippen LogP contribution in [0.2, 0.25) is 10.0 Å². The number of nitrogens with one attached hydrogen (secondary N) is 1. The normalized spacial score (nSPS) is 10.8. The summed E-state index contributed by atoms with van der Waals surface area (Å²) in [6.45, 7) is 1.68. The molecule has 0 aliphatic rings. The number of anilines is 1. The number of benzene rings is 2. The van der Waals surface area contributed by atoms with E-state index < -0.39 is 0 Å². The maximum Gasteiger partial charge on any atom is 0.236 e. The maximum atomic E-state index is 13.6. The highest BCUT2D eigenvalue weighted by atomic mass is 35.5. The third-order valence-electron chi connectivity index (χ3n) is 3.58. The molecule has 27 heavy (non-hydrogen) atoms. The molecule has 0 saturated carbocycles. The minimum absolute atomic E-state index is 0.166. The van der Waals surface area contributed by atoms with Crippen LogP contribution in [-0.4, -0.2) is 21.8 Å². The lowest BCUT2D eigenvalue weighted by atomic mass is 10.1. The van der Waals surface area contributed by atoms with Gasteiger partial charge in [-0.05, 0) is 30.7 Å². The summed E-state index contributed by atoms with van der Waals surface area (Å²) in [4.78, 5) is 16.2. The number of hydrogen-bond donors (Lipinski definition) is 1. The van der Waals surface area contributed by atoms with Crippen molar-refractivity contribution in [2.75, 3.05) is 11.1 Å². The van der Waals surface area contributed by atoms with Crippen LogP contribution in [-0.2, 0) is 10.5 Å². The van der Waals surface area contributed by atoms with Crippen molar-refractivity contribution in [3.8, 4) is 11.4 Å². The van der Waals surface area contributed by atoms with E-state index in [0.29, 0.717) is 44.3 Å². The summed E-state index contributed by atoms with van der Waals surface area (Å²) in [6, 6.07) is 9.75. The van der Waals surface area contributed by atoms with Gasteiger partial charge in [0.1, 0.15) is 5.82 Å². The van der Waals surface area contributed by atoms with Gasteiger partial charge >= 0.3 is 0 Å². The fourth-order valence-corrected chi connectivity index (χ4v) is 3.18. The molecule has 9 heteroatoms. The van der Waals surface area contributed by atoms with Gasteiger partial charge in [-0.25, -0.2) is 4.39 Å². The Morgan fingerprint density at radius 2 is 2.11 bits per heavy atom. The first kappa shape index (κ1) is 19.7. The molecule has 0 radical (unpaired) electrons. The second-order valence-electron chi connectivity index (χ2n) is 5.62. The Hall–Kier alpha value is -2.09. The third kappa shape index (κ3) is 5.00. The molecule has 0 spiro atoms. The molecule has 0 saturated heterocycles. The molecule has 1 aromatic heterocycles. The predicted octanol–water partition coefficient (Wildman–Crippen LogP) is 5.36. The van der Waals surface area contributed by atoms with Crippen LogP contribution >= 0.6 is 35.0 Å². The number of thioether (sulfide) groups is 1. The fourth-order valence-electron chi connectivity index (χ4n) is 2.18. The Kier molecular flexibility index (Phi) is 6.36. The predicted molar refractivity (Wildman–Crippen MR) is 106 cm³/mol. The van der Waals surface area contributed by atoms with Crippen LogP contribution in [0.15, 0.2) is 40.9 Å². The molecule has 1 N–H and O–H groups in total. The van der Waals surface area contributed by atoms with Crippen LogP contribution < -0.4 is 5.32 Å². The summed E-state index contributed by atoms with van der Waals surface area (Å²) < 4.78 is 18.8. The Morgan fingerprint density at radius 1 is 1.30 bits per heavy atom. The monoisotopic (exact) mass is 425 g/mol. The van der Waals surface area contributed by atoms with E-state index in [-0.39, 0.29) is 17.5 Å². The lowest BCUT2D eigenvalue weighted by Crippen LogP contribution is -2.14. The highest BCUT2D eigenvalue weighted by Crippen LogP contribution is 2.29. The SMILES string of the molecule is Cc1ccc(-c2noc(CSCC(=O)Nc3cccc(Cl)c3Cl)n2)cc1F. The molecule has 0 aliphatic heterocycles. The van der Waals surface area contributed by atoms with E-state index in [1.54, 1.807) is 37.3 Å². The lowest BCUT2D eigenvalue weighted by molar-refractivity contribution is -0.113. The van der Waals surface area contributed by atoms with Gasteiger partial charge in [-0.15, -0.1) is 11.8 Å². The van der Waals surface area contributed by atoms with Crippen LogP contribution in [0.4, 0.5) is 10.1 Å².